The normalized spacial score (nSPS) is 24.8. The third-order valence-electron chi connectivity index (χ3n) is 2.56. The molecule has 0 spiro atoms. The number of aliphatic hydroxyl groups is 2. The van der Waals surface area contributed by atoms with E-state index in [-0.39, 0.29) is 25.2 Å². The number of rotatable bonds is 3. The largest absolute Gasteiger partial charge is 0.396 e. The molecule has 2 rings (SSSR count). The molecule has 0 bridgehead atoms. The zero-order chi connectivity index (χ0) is 10.7. The highest BCUT2D eigenvalue weighted by Crippen LogP contribution is 2.32. The SMILES string of the molecule is OCC1=NO[C@@H](c2ccccc2)[C@@H]1CO. The molecule has 0 aliphatic carbocycles. The van der Waals surface area contributed by atoms with Crippen molar-refractivity contribution in [1.29, 1.82) is 0 Å². The molecule has 0 radical (unpaired) electrons. The van der Waals surface area contributed by atoms with E-state index in [9.17, 15) is 5.11 Å². The predicted molar refractivity (Wildman–Crippen MR) is 55.4 cm³/mol. The van der Waals surface area contributed by atoms with Crippen LogP contribution in [0.4, 0.5) is 0 Å². The van der Waals surface area contributed by atoms with Gasteiger partial charge in [-0.3, -0.25) is 0 Å². The molecule has 0 saturated heterocycles. The van der Waals surface area contributed by atoms with Gasteiger partial charge in [0.2, 0.25) is 0 Å². The minimum Gasteiger partial charge on any atom is -0.396 e. The first-order valence-electron chi connectivity index (χ1n) is 4.86. The summed E-state index contributed by atoms with van der Waals surface area (Å²) in [5.41, 5.74) is 1.47. The van der Waals surface area contributed by atoms with Crippen LogP contribution in [0.2, 0.25) is 0 Å². The first kappa shape index (κ1) is 10.1. The first-order valence-corrected chi connectivity index (χ1v) is 4.86. The van der Waals surface area contributed by atoms with Crippen LogP contribution >= 0.6 is 0 Å². The molecule has 4 heteroatoms. The Labute approximate surface area is 87.8 Å². The number of oxime groups is 1. The highest BCUT2D eigenvalue weighted by Gasteiger charge is 2.34. The van der Waals surface area contributed by atoms with Gasteiger partial charge >= 0.3 is 0 Å². The van der Waals surface area contributed by atoms with Gasteiger partial charge in [0.1, 0.15) is 0 Å². The van der Waals surface area contributed by atoms with Crippen molar-refractivity contribution < 1.29 is 15.1 Å². The topological polar surface area (TPSA) is 62.1 Å². The summed E-state index contributed by atoms with van der Waals surface area (Å²) < 4.78 is 0. The number of hydrogen-bond acceptors (Lipinski definition) is 4. The van der Waals surface area contributed by atoms with E-state index in [0.717, 1.165) is 5.56 Å². The lowest BCUT2D eigenvalue weighted by Crippen LogP contribution is -2.23. The molecule has 4 nitrogen and oxygen atoms in total. The number of hydrogen-bond donors (Lipinski definition) is 2. The summed E-state index contributed by atoms with van der Waals surface area (Å²) in [7, 11) is 0. The summed E-state index contributed by atoms with van der Waals surface area (Å²) in [6, 6.07) is 9.57. The van der Waals surface area contributed by atoms with Gasteiger partial charge in [0.25, 0.3) is 0 Å². The van der Waals surface area contributed by atoms with Crippen LogP contribution in [-0.4, -0.2) is 29.1 Å². The molecule has 0 unspecified atom stereocenters. The molecular formula is C11H13NO3. The van der Waals surface area contributed by atoms with Crippen molar-refractivity contribution in [2.75, 3.05) is 13.2 Å². The fraction of sp³-hybridized carbons (Fsp3) is 0.364. The van der Waals surface area contributed by atoms with Crippen LogP contribution in [0.3, 0.4) is 0 Å². The second kappa shape index (κ2) is 4.42. The second-order valence-electron chi connectivity index (χ2n) is 3.47. The number of nitrogens with zero attached hydrogens (tertiary/aromatic N) is 1. The Balaban J connectivity index is 2.20. The zero-order valence-electron chi connectivity index (χ0n) is 8.21. The zero-order valence-corrected chi connectivity index (χ0v) is 8.21. The molecule has 1 aliphatic rings. The Morgan fingerprint density at radius 1 is 1.20 bits per heavy atom. The van der Waals surface area contributed by atoms with E-state index in [2.05, 4.69) is 5.16 Å². The summed E-state index contributed by atoms with van der Waals surface area (Å²) in [5.74, 6) is -0.239. The molecule has 0 amide bonds. The average molecular weight is 207 g/mol. The molecular weight excluding hydrogens is 194 g/mol. The molecule has 2 N–H and O–H groups in total. The fourth-order valence-electron chi connectivity index (χ4n) is 1.72. The van der Waals surface area contributed by atoms with Crippen LogP contribution in [0.15, 0.2) is 35.5 Å². The lowest BCUT2D eigenvalue weighted by atomic mass is 9.93. The molecule has 80 valence electrons. The predicted octanol–water partition coefficient (Wildman–Crippen LogP) is 0.715. The highest BCUT2D eigenvalue weighted by atomic mass is 16.6. The van der Waals surface area contributed by atoms with Crippen molar-refractivity contribution in [3.8, 4) is 0 Å². The van der Waals surface area contributed by atoms with Crippen molar-refractivity contribution in [3.05, 3.63) is 35.9 Å². The van der Waals surface area contributed by atoms with Crippen molar-refractivity contribution in [2.24, 2.45) is 11.1 Å². The summed E-state index contributed by atoms with van der Waals surface area (Å²) in [6.07, 6.45) is -0.279. The van der Waals surface area contributed by atoms with E-state index >= 15 is 0 Å². The Bertz CT molecular complexity index is 350. The van der Waals surface area contributed by atoms with Crippen LogP contribution in [0.1, 0.15) is 11.7 Å². The van der Waals surface area contributed by atoms with Crippen LogP contribution in [-0.2, 0) is 4.84 Å². The maximum absolute atomic E-state index is 9.23. The Morgan fingerprint density at radius 2 is 1.93 bits per heavy atom. The average Bonchev–Trinajstić information content (AvgIpc) is 2.72. The van der Waals surface area contributed by atoms with Crippen molar-refractivity contribution in [1.82, 2.24) is 0 Å². The number of aliphatic hydroxyl groups excluding tert-OH is 2. The van der Waals surface area contributed by atoms with E-state index in [0.29, 0.717) is 5.71 Å². The summed E-state index contributed by atoms with van der Waals surface area (Å²) >= 11 is 0. The molecule has 1 aliphatic heterocycles. The summed E-state index contributed by atoms with van der Waals surface area (Å²) in [4.78, 5) is 5.21. The molecule has 15 heavy (non-hydrogen) atoms. The summed E-state index contributed by atoms with van der Waals surface area (Å²) in [6.45, 7) is -0.243. The maximum Gasteiger partial charge on any atom is 0.163 e. The van der Waals surface area contributed by atoms with Crippen molar-refractivity contribution in [3.63, 3.8) is 0 Å². The monoisotopic (exact) mass is 207 g/mol. The van der Waals surface area contributed by atoms with Crippen LogP contribution in [0.5, 0.6) is 0 Å². The van der Waals surface area contributed by atoms with Crippen molar-refractivity contribution >= 4 is 5.71 Å². The van der Waals surface area contributed by atoms with E-state index in [1.54, 1.807) is 0 Å². The number of benzene rings is 1. The molecule has 0 saturated carbocycles. The minimum absolute atomic E-state index is 0.0705. The fourth-order valence-corrected chi connectivity index (χ4v) is 1.72. The first-order chi connectivity index (χ1) is 7.36. The van der Waals surface area contributed by atoms with Gasteiger partial charge < -0.3 is 15.1 Å². The Kier molecular flexibility index (Phi) is 2.99. The van der Waals surface area contributed by atoms with Gasteiger partial charge in [0.05, 0.1) is 24.8 Å². The molecule has 1 heterocycles. The van der Waals surface area contributed by atoms with Crippen molar-refractivity contribution in [2.45, 2.75) is 6.10 Å². The van der Waals surface area contributed by atoms with Gasteiger partial charge in [-0.25, -0.2) is 0 Å². The highest BCUT2D eigenvalue weighted by molar-refractivity contribution is 5.89. The van der Waals surface area contributed by atoms with Crippen LogP contribution < -0.4 is 0 Å². The third kappa shape index (κ3) is 1.86. The van der Waals surface area contributed by atoms with E-state index < -0.39 is 0 Å². The second-order valence-corrected chi connectivity index (χ2v) is 3.47. The quantitative estimate of drug-likeness (QED) is 0.767. The molecule has 1 aromatic rings. The van der Waals surface area contributed by atoms with E-state index in [1.807, 2.05) is 30.3 Å². The maximum atomic E-state index is 9.23. The van der Waals surface area contributed by atoms with Crippen LogP contribution in [0, 0.1) is 5.92 Å². The molecule has 1 aromatic carbocycles. The molecule has 0 fully saturated rings. The lowest BCUT2D eigenvalue weighted by Gasteiger charge is -2.15. The van der Waals surface area contributed by atoms with Gasteiger partial charge in [-0.1, -0.05) is 35.5 Å². The van der Waals surface area contributed by atoms with Crippen LogP contribution in [0.25, 0.3) is 0 Å². The third-order valence-corrected chi connectivity index (χ3v) is 2.56. The minimum atomic E-state index is -0.279. The van der Waals surface area contributed by atoms with Gasteiger partial charge in [-0.2, -0.15) is 0 Å². The molecule has 0 aromatic heterocycles. The standard InChI is InChI=1S/C11H13NO3/c13-6-9-10(7-14)12-15-11(9)8-4-2-1-3-5-8/h1-5,9,11,13-14H,6-7H2/t9-,11+/m1/s1. The lowest BCUT2D eigenvalue weighted by molar-refractivity contribution is 0.0454. The van der Waals surface area contributed by atoms with Gasteiger partial charge in [0, 0.05) is 0 Å². The summed E-state index contributed by atoms with van der Waals surface area (Å²) in [5, 5.41) is 22.0. The Hall–Kier alpha value is -1.39. The smallest absolute Gasteiger partial charge is 0.163 e. The van der Waals surface area contributed by atoms with E-state index in [4.69, 9.17) is 9.94 Å². The van der Waals surface area contributed by atoms with Gasteiger partial charge in [-0.15, -0.1) is 0 Å². The van der Waals surface area contributed by atoms with Gasteiger partial charge in [-0.05, 0) is 5.56 Å². The van der Waals surface area contributed by atoms with Gasteiger partial charge in [0.15, 0.2) is 6.10 Å². The van der Waals surface area contributed by atoms with E-state index in [1.165, 1.54) is 0 Å². The Morgan fingerprint density at radius 3 is 2.53 bits per heavy atom. The molecule has 2 atom stereocenters.